The molecule has 4 nitrogen and oxygen atoms in total. The second-order valence-corrected chi connectivity index (χ2v) is 4.30. The van der Waals surface area contributed by atoms with E-state index in [0.717, 1.165) is 6.07 Å². The molecule has 0 spiro atoms. The third-order valence-electron chi connectivity index (χ3n) is 2.67. The fraction of sp³-hybridized carbons (Fsp3) is 0.231. The SMILES string of the molecule is CNc1nc(Nc2ccc(F)c(C)c2)cc(C(F)(F)F)n1. The van der Waals surface area contributed by atoms with E-state index in [1.807, 2.05) is 0 Å². The molecule has 1 aromatic carbocycles. The van der Waals surface area contributed by atoms with Crippen molar-refractivity contribution in [2.75, 3.05) is 17.7 Å². The van der Waals surface area contributed by atoms with E-state index in [-0.39, 0.29) is 11.8 Å². The van der Waals surface area contributed by atoms with Crippen molar-refractivity contribution in [2.45, 2.75) is 13.1 Å². The Balaban J connectivity index is 2.36. The molecule has 1 aromatic heterocycles. The number of rotatable bonds is 3. The predicted molar refractivity (Wildman–Crippen MR) is 71.0 cm³/mol. The first-order valence-electron chi connectivity index (χ1n) is 5.97. The van der Waals surface area contributed by atoms with Crippen LogP contribution in [0, 0.1) is 12.7 Å². The summed E-state index contributed by atoms with van der Waals surface area (Å²) in [6.07, 6.45) is -4.58. The lowest BCUT2D eigenvalue weighted by molar-refractivity contribution is -0.141. The van der Waals surface area contributed by atoms with Gasteiger partial charge in [-0.15, -0.1) is 0 Å². The van der Waals surface area contributed by atoms with Crippen LogP contribution in [0.5, 0.6) is 0 Å². The summed E-state index contributed by atoms with van der Waals surface area (Å²) in [5.41, 5.74) is -0.259. The van der Waals surface area contributed by atoms with Gasteiger partial charge in [-0.05, 0) is 30.7 Å². The Hall–Kier alpha value is -2.38. The van der Waals surface area contributed by atoms with E-state index in [0.29, 0.717) is 11.3 Å². The summed E-state index contributed by atoms with van der Waals surface area (Å²) in [5.74, 6) is -0.589. The van der Waals surface area contributed by atoms with Gasteiger partial charge in [0.15, 0.2) is 5.69 Å². The van der Waals surface area contributed by atoms with Crippen LogP contribution < -0.4 is 10.6 Å². The number of hydrogen-bond acceptors (Lipinski definition) is 4. The number of nitrogens with one attached hydrogen (secondary N) is 2. The largest absolute Gasteiger partial charge is 0.433 e. The molecule has 0 radical (unpaired) electrons. The van der Waals surface area contributed by atoms with E-state index in [9.17, 15) is 17.6 Å². The minimum absolute atomic E-state index is 0.0346. The van der Waals surface area contributed by atoms with Gasteiger partial charge in [0.2, 0.25) is 5.95 Å². The van der Waals surface area contributed by atoms with Gasteiger partial charge in [-0.1, -0.05) is 0 Å². The van der Waals surface area contributed by atoms with Crippen molar-refractivity contribution in [1.29, 1.82) is 0 Å². The molecule has 0 amide bonds. The fourth-order valence-electron chi connectivity index (χ4n) is 1.64. The lowest BCUT2D eigenvalue weighted by atomic mass is 10.2. The van der Waals surface area contributed by atoms with Crippen LogP contribution in [0.25, 0.3) is 0 Å². The number of alkyl halides is 3. The Morgan fingerprint density at radius 1 is 1.10 bits per heavy atom. The summed E-state index contributed by atoms with van der Waals surface area (Å²) in [7, 11) is 1.42. The maximum absolute atomic E-state index is 13.2. The highest BCUT2D eigenvalue weighted by Gasteiger charge is 2.33. The molecule has 0 aliphatic carbocycles. The van der Waals surface area contributed by atoms with Crippen LogP contribution in [0.2, 0.25) is 0 Å². The van der Waals surface area contributed by atoms with Gasteiger partial charge in [0.1, 0.15) is 11.6 Å². The van der Waals surface area contributed by atoms with Gasteiger partial charge in [0.25, 0.3) is 0 Å². The van der Waals surface area contributed by atoms with Gasteiger partial charge < -0.3 is 10.6 Å². The van der Waals surface area contributed by atoms with Crippen molar-refractivity contribution in [1.82, 2.24) is 9.97 Å². The van der Waals surface area contributed by atoms with Gasteiger partial charge in [-0.2, -0.15) is 18.2 Å². The molecule has 0 bridgehead atoms. The zero-order chi connectivity index (χ0) is 15.6. The Morgan fingerprint density at radius 3 is 2.38 bits per heavy atom. The first-order chi connectivity index (χ1) is 9.79. The highest BCUT2D eigenvalue weighted by molar-refractivity contribution is 5.58. The Morgan fingerprint density at radius 2 is 1.81 bits per heavy atom. The van der Waals surface area contributed by atoms with E-state index < -0.39 is 17.7 Å². The molecule has 0 unspecified atom stereocenters. The van der Waals surface area contributed by atoms with Crippen LogP contribution in [0.15, 0.2) is 24.3 Å². The van der Waals surface area contributed by atoms with Crippen molar-refractivity contribution in [3.05, 3.63) is 41.3 Å². The number of hydrogen-bond donors (Lipinski definition) is 2. The summed E-state index contributed by atoms with van der Waals surface area (Å²) in [6.45, 7) is 1.56. The Labute approximate surface area is 118 Å². The van der Waals surface area contributed by atoms with Crippen molar-refractivity contribution >= 4 is 17.5 Å². The topological polar surface area (TPSA) is 49.8 Å². The third-order valence-corrected chi connectivity index (χ3v) is 2.67. The molecule has 2 N–H and O–H groups in total. The molecule has 112 valence electrons. The molecule has 1 heterocycles. The highest BCUT2D eigenvalue weighted by atomic mass is 19.4. The highest BCUT2D eigenvalue weighted by Crippen LogP contribution is 2.30. The minimum atomic E-state index is -4.58. The molecule has 2 rings (SSSR count). The molecule has 0 aliphatic heterocycles. The van der Waals surface area contributed by atoms with Crippen LogP contribution in [0.1, 0.15) is 11.3 Å². The number of aryl methyl sites for hydroxylation is 1. The molecule has 0 saturated carbocycles. The number of anilines is 3. The normalized spacial score (nSPS) is 11.3. The number of aromatic nitrogens is 2. The predicted octanol–water partition coefficient (Wildman–Crippen LogP) is 3.73. The molecule has 2 aromatic rings. The Bertz CT molecular complexity index is 655. The fourth-order valence-corrected chi connectivity index (χ4v) is 1.64. The summed E-state index contributed by atoms with van der Waals surface area (Å²) < 4.78 is 51.4. The first kappa shape index (κ1) is 15.0. The van der Waals surface area contributed by atoms with Crippen molar-refractivity contribution < 1.29 is 17.6 Å². The van der Waals surface area contributed by atoms with Gasteiger partial charge in [0.05, 0.1) is 0 Å². The van der Waals surface area contributed by atoms with E-state index in [1.165, 1.54) is 25.2 Å². The zero-order valence-corrected chi connectivity index (χ0v) is 11.2. The smallest absolute Gasteiger partial charge is 0.357 e. The van der Waals surface area contributed by atoms with Gasteiger partial charge in [-0.25, -0.2) is 9.37 Å². The second kappa shape index (κ2) is 5.55. The summed E-state index contributed by atoms with van der Waals surface area (Å²) >= 11 is 0. The molecule has 0 saturated heterocycles. The first-order valence-corrected chi connectivity index (χ1v) is 5.97. The summed E-state index contributed by atoms with van der Waals surface area (Å²) in [5, 5.41) is 5.17. The maximum atomic E-state index is 13.2. The third kappa shape index (κ3) is 3.59. The quantitative estimate of drug-likeness (QED) is 0.848. The number of nitrogens with zero attached hydrogens (tertiary/aromatic N) is 2. The molecule has 8 heteroatoms. The second-order valence-electron chi connectivity index (χ2n) is 4.30. The average Bonchev–Trinajstić information content (AvgIpc) is 2.41. The van der Waals surface area contributed by atoms with E-state index >= 15 is 0 Å². The molecule has 0 atom stereocenters. The molecule has 0 fully saturated rings. The Kier molecular flexibility index (Phi) is 3.97. The van der Waals surface area contributed by atoms with Crippen LogP contribution in [0.3, 0.4) is 0 Å². The lowest BCUT2D eigenvalue weighted by Crippen LogP contribution is -2.12. The van der Waals surface area contributed by atoms with Crippen LogP contribution in [-0.4, -0.2) is 17.0 Å². The molecular formula is C13H12F4N4. The average molecular weight is 300 g/mol. The number of benzene rings is 1. The number of halogens is 4. The van der Waals surface area contributed by atoms with Crippen molar-refractivity contribution in [3.8, 4) is 0 Å². The van der Waals surface area contributed by atoms with Crippen molar-refractivity contribution in [3.63, 3.8) is 0 Å². The molecule has 0 aliphatic rings. The summed E-state index contributed by atoms with van der Waals surface area (Å²) in [6, 6.07) is 4.91. The summed E-state index contributed by atoms with van der Waals surface area (Å²) in [4.78, 5) is 7.23. The monoisotopic (exact) mass is 300 g/mol. The van der Waals surface area contributed by atoms with Crippen LogP contribution in [-0.2, 0) is 6.18 Å². The van der Waals surface area contributed by atoms with Gasteiger partial charge in [-0.3, -0.25) is 0 Å². The lowest BCUT2D eigenvalue weighted by Gasteiger charge is -2.12. The van der Waals surface area contributed by atoms with Gasteiger partial charge in [0, 0.05) is 18.8 Å². The molecular weight excluding hydrogens is 288 g/mol. The van der Waals surface area contributed by atoms with Crippen molar-refractivity contribution in [2.24, 2.45) is 0 Å². The van der Waals surface area contributed by atoms with E-state index in [1.54, 1.807) is 6.92 Å². The van der Waals surface area contributed by atoms with E-state index in [4.69, 9.17) is 0 Å². The standard InChI is InChI=1S/C13H12F4N4/c1-7-5-8(3-4-9(7)14)19-11-6-10(13(15,16)17)20-12(18-2)21-11/h3-6H,1-2H3,(H2,18,19,20,21). The van der Waals surface area contributed by atoms with Crippen LogP contribution in [0.4, 0.5) is 35.0 Å². The van der Waals surface area contributed by atoms with E-state index in [2.05, 4.69) is 20.6 Å². The molecule has 21 heavy (non-hydrogen) atoms. The van der Waals surface area contributed by atoms with Crippen LogP contribution >= 0.6 is 0 Å². The zero-order valence-electron chi connectivity index (χ0n) is 11.2. The van der Waals surface area contributed by atoms with Gasteiger partial charge >= 0.3 is 6.18 Å². The minimum Gasteiger partial charge on any atom is -0.357 e. The maximum Gasteiger partial charge on any atom is 0.433 e.